The highest BCUT2D eigenvalue weighted by molar-refractivity contribution is 5.53. The molecule has 2 atom stereocenters. The van der Waals surface area contributed by atoms with Crippen molar-refractivity contribution in [3.05, 3.63) is 23.3 Å². The molecular weight excluding hydrogens is 226 g/mol. The first-order chi connectivity index (χ1) is 8.47. The third-order valence-electron chi connectivity index (χ3n) is 4.02. The van der Waals surface area contributed by atoms with Gasteiger partial charge < -0.3 is 15.2 Å². The van der Waals surface area contributed by atoms with Gasteiger partial charge in [-0.15, -0.1) is 0 Å². The van der Waals surface area contributed by atoms with Crippen molar-refractivity contribution >= 4 is 0 Å². The number of fused-ring (bicyclic) bond motifs is 2. The maximum absolute atomic E-state index is 6.23. The van der Waals surface area contributed by atoms with Gasteiger partial charge in [-0.05, 0) is 35.1 Å². The van der Waals surface area contributed by atoms with E-state index >= 15 is 0 Å². The quantitative estimate of drug-likeness (QED) is 0.766. The van der Waals surface area contributed by atoms with Gasteiger partial charge in [-0.3, -0.25) is 0 Å². The van der Waals surface area contributed by atoms with Crippen LogP contribution in [0.1, 0.15) is 44.4 Å². The van der Waals surface area contributed by atoms with Crippen molar-refractivity contribution in [2.45, 2.75) is 38.6 Å². The van der Waals surface area contributed by atoms with E-state index in [2.05, 4.69) is 32.9 Å². The maximum atomic E-state index is 6.23. The summed E-state index contributed by atoms with van der Waals surface area (Å²) in [6.45, 7) is 8.05. The lowest BCUT2D eigenvalue weighted by molar-refractivity contribution is 0.228. The zero-order valence-electron chi connectivity index (χ0n) is 11.3. The van der Waals surface area contributed by atoms with Crippen LogP contribution >= 0.6 is 0 Å². The molecule has 2 unspecified atom stereocenters. The first-order valence-electron chi connectivity index (χ1n) is 6.67. The summed E-state index contributed by atoms with van der Waals surface area (Å²) in [5, 5.41) is 0. The van der Waals surface area contributed by atoms with Crippen molar-refractivity contribution in [2.24, 2.45) is 11.7 Å². The van der Waals surface area contributed by atoms with Crippen LogP contribution < -0.4 is 15.2 Å². The van der Waals surface area contributed by atoms with Crippen molar-refractivity contribution in [1.29, 1.82) is 0 Å². The molecule has 98 valence electrons. The fraction of sp³-hybridized carbons (Fsp3) is 0.600. The number of hydrogen-bond acceptors (Lipinski definition) is 3. The van der Waals surface area contributed by atoms with E-state index in [0.29, 0.717) is 12.5 Å². The largest absolute Gasteiger partial charge is 0.489 e. The summed E-state index contributed by atoms with van der Waals surface area (Å²) in [7, 11) is 0. The van der Waals surface area contributed by atoms with Gasteiger partial charge in [0, 0.05) is 12.0 Å². The lowest BCUT2D eigenvalue weighted by Gasteiger charge is -2.20. The Kier molecular flexibility index (Phi) is 2.56. The van der Waals surface area contributed by atoms with E-state index in [4.69, 9.17) is 15.2 Å². The molecule has 18 heavy (non-hydrogen) atoms. The van der Waals surface area contributed by atoms with Crippen LogP contribution in [0.4, 0.5) is 0 Å². The lowest BCUT2D eigenvalue weighted by atomic mass is 9.86. The second kappa shape index (κ2) is 3.89. The molecule has 0 fully saturated rings. The van der Waals surface area contributed by atoms with Gasteiger partial charge in [-0.2, -0.15) is 0 Å². The maximum Gasteiger partial charge on any atom is 0.161 e. The third kappa shape index (κ3) is 1.77. The Morgan fingerprint density at radius 3 is 2.44 bits per heavy atom. The Labute approximate surface area is 108 Å². The number of hydrogen-bond donors (Lipinski definition) is 1. The van der Waals surface area contributed by atoms with Gasteiger partial charge in [0.1, 0.15) is 0 Å². The van der Waals surface area contributed by atoms with Gasteiger partial charge in [0.15, 0.2) is 11.5 Å². The van der Waals surface area contributed by atoms with E-state index in [1.807, 2.05) is 0 Å². The van der Waals surface area contributed by atoms with Crippen LogP contribution in [0.5, 0.6) is 11.5 Å². The molecule has 3 rings (SSSR count). The molecule has 0 radical (unpaired) electrons. The predicted octanol–water partition coefficient (Wildman–Crippen LogP) is 2.78. The van der Waals surface area contributed by atoms with Gasteiger partial charge in [-0.25, -0.2) is 0 Å². The Hall–Kier alpha value is -1.22. The fourth-order valence-electron chi connectivity index (χ4n) is 2.98. The van der Waals surface area contributed by atoms with Crippen molar-refractivity contribution < 1.29 is 9.47 Å². The normalized spacial score (nSPS) is 28.7. The second-order valence-corrected chi connectivity index (χ2v) is 6.31. The van der Waals surface area contributed by atoms with Gasteiger partial charge in [0.2, 0.25) is 0 Å². The van der Waals surface area contributed by atoms with Crippen LogP contribution in [-0.2, 0) is 5.41 Å². The molecule has 0 bridgehead atoms. The minimum atomic E-state index is 0.115. The third-order valence-corrected chi connectivity index (χ3v) is 4.02. The molecular formula is C15H21NO2. The van der Waals surface area contributed by atoms with Crippen LogP contribution in [0.2, 0.25) is 0 Å². The van der Waals surface area contributed by atoms with E-state index in [0.717, 1.165) is 24.5 Å². The zero-order chi connectivity index (χ0) is 12.9. The van der Waals surface area contributed by atoms with Crippen molar-refractivity contribution in [1.82, 2.24) is 0 Å². The molecule has 1 heterocycles. The highest BCUT2D eigenvalue weighted by atomic mass is 16.5. The van der Waals surface area contributed by atoms with E-state index in [1.165, 1.54) is 11.1 Å². The number of ether oxygens (including phenoxy) is 2. The van der Waals surface area contributed by atoms with Crippen LogP contribution in [0.3, 0.4) is 0 Å². The average molecular weight is 247 g/mol. The Balaban J connectivity index is 2.07. The fourth-order valence-corrected chi connectivity index (χ4v) is 2.98. The molecule has 3 nitrogen and oxygen atoms in total. The summed E-state index contributed by atoms with van der Waals surface area (Å²) in [4.78, 5) is 0. The van der Waals surface area contributed by atoms with E-state index in [1.54, 1.807) is 0 Å². The van der Waals surface area contributed by atoms with Crippen LogP contribution in [0.25, 0.3) is 0 Å². The summed E-state index contributed by atoms with van der Waals surface area (Å²) in [6, 6.07) is 4.34. The van der Waals surface area contributed by atoms with Gasteiger partial charge in [0.25, 0.3) is 0 Å². The highest BCUT2D eigenvalue weighted by Gasteiger charge is 2.36. The van der Waals surface area contributed by atoms with E-state index in [9.17, 15) is 0 Å². The lowest BCUT2D eigenvalue weighted by Crippen LogP contribution is -2.14. The van der Waals surface area contributed by atoms with E-state index in [-0.39, 0.29) is 11.5 Å². The number of nitrogens with two attached hydrogens (primary N) is 1. The summed E-state index contributed by atoms with van der Waals surface area (Å²) < 4.78 is 11.7. The van der Waals surface area contributed by atoms with Crippen molar-refractivity contribution in [3.63, 3.8) is 0 Å². The molecule has 0 saturated heterocycles. The molecule has 1 aromatic carbocycles. The molecule has 1 aromatic rings. The van der Waals surface area contributed by atoms with Gasteiger partial charge in [-0.1, -0.05) is 20.8 Å². The molecule has 1 aliphatic carbocycles. The summed E-state index contributed by atoms with van der Waals surface area (Å²) in [6.07, 6.45) is 0.988. The minimum Gasteiger partial charge on any atom is -0.489 e. The molecule has 0 amide bonds. The first-order valence-corrected chi connectivity index (χ1v) is 6.67. The Bertz CT molecular complexity index is 482. The summed E-state index contributed by atoms with van der Waals surface area (Å²) >= 11 is 0. The molecule has 3 heteroatoms. The van der Waals surface area contributed by atoms with Gasteiger partial charge >= 0.3 is 0 Å². The van der Waals surface area contributed by atoms with Crippen molar-refractivity contribution in [3.8, 4) is 11.5 Å². The summed E-state index contributed by atoms with van der Waals surface area (Å²) in [5.41, 5.74) is 8.89. The molecule has 2 N–H and O–H groups in total. The average Bonchev–Trinajstić information content (AvgIpc) is 2.47. The Morgan fingerprint density at radius 1 is 1.17 bits per heavy atom. The highest BCUT2D eigenvalue weighted by Crippen LogP contribution is 2.48. The minimum absolute atomic E-state index is 0.115. The molecule has 0 spiro atoms. The second-order valence-electron chi connectivity index (χ2n) is 6.31. The van der Waals surface area contributed by atoms with Crippen LogP contribution in [-0.4, -0.2) is 13.2 Å². The topological polar surface area (TPSA) is 44.5 Å². The van der Waals surface area contributed by atoms with E-state index < -0.39 is 0 Å². The molecule has 1 aliphatic heterocycles. The molecule has 0 saturated carbocycles. The number of rotatable bonds is 0. The predicted molar refractivity (Wildman–Crippen MR) is 71.2 cm³/mol. The molecule has 0 aromatic heterocycles. The Morgan fingerprint density at radius 2 is 1.78 bits per heavy atom. The zero-order valence-corrected chi connectivity index (χ0v) is 11.3. The van der Waals surface area contributed by atoms with Gasteiger partial charge in [0.05, 0.1) is 13.2 Å². The van der Waals surface area contributed by atoms with Crippen molar-refractivity contribution in [2.75, 3.05) is 13.2 Å². The standard InChI is InChI=1S/C15H21NO2/c1-9-7-17-13-4-10-11(5-14(13)18-8-9)15(2,3)6-12(10)16/h4-5,9,12H,6-8,16H2,1-3H3. The molecule has 2 aliphatic rings. The smallest absolute Gasteiger partial charge is 0.161 e. The SMILES string of the molecule is CC1COc2cc3c(cc2OC1)C(C)(C)CC3N. The summed E-state index contributed by atoms with van der Waals surface area (Å²) in [5.74, 6) is 2.15. The first kappa shape index (κ1) is 11.8. The number of benzene rings is 1. The van der Waals surface area contributed by atoms with Crippen LogP contribution in [0, 0.1) is 5.92 Å². The van der Waals surface area contributed by atoms with Crippen LogP contribution in [0.15, 0.2) is 12.1 Å². The monoisotopic (exact) mass is 247 g/mol.